The van der Waals surface area contributed by atoms with Crippen molar-refractivity contribution in [3.63, 3.8) is 0 Å². The summed E-state index contributed by atoms with van der Waals surface area (Å²) in [5.41, 5.74) is 5.59. The summed E-state index contributed by atoms with van der Waals surface area (Å²) < 4.78 is 0. The largest absolute Gasteiger partial charge is 0.480 e. The number of aliphatic hydroxyl groups is 1. The number of carbonyl (C=O) groups excluding carboxylic acids is 1. The maximum atomic E-state index is 11.8. The summed E-state index contributed by atoms with van der Waals surface area (Å²) in [4.78, 5) is 22.6. The summed E-state index contributed by atoms with van der Waals surface area (Å²) in [6.45, 7) is 1.33. The first-order chi connectivity index (χ1) is 8.34. The third-order valence-corrected chi connectivity index (χ3v) is 3.43. The fourth-order valence-corrected chi connectivity index (χ4v) is 2.37. The second-order valence-electron chi connectivity index (χ2n) is 5.22. The van der Waals surface area contributed by atoms with Gasteiger partial charge in [-0.25, -0.2) is 4.79 Å². The molecule has 1 aliphatic rings. The Kier molecular flexibility index (Phi) is 5.10. The van der Waals surface area contributed by atoms with Crippen molar-refractivity contribution < 1.29 is 19.8 Å². The van der Waals surface area contributed by atoms with Gasteiger partial charge in [-0.2, -0.15) is 0 Å². The highest BCUT2D eigenvalue weighted by atomic mass is 16.4. The molecule has 0 heterocycles. The molecule has 0 saturated heterocycles. The van der Waals surface area contributed by atoms with E-state index in [1.54, 1.807) is 0 Å². The number of carbonyl (C=O) groups is 2. The zero-order chi connectivity index (χ0) is 13.8. The molecule has 0 aromatic heterocycles. The Balaban J connectivity index is 2.52. The molecule has 18 heavy (non-hydrogen) atoms. The molecule has 1 rings (SSSR count). The minimum absolute atomic E-state index is 0.115. The second kappa shape index (κ2) is 6.15. The van der Waals surface area contributed by atoms with Crippen LogP contribution in [0.1, 0.15) is 45.4 Å². The molecule has 6 nitrogen and oxygen atoms in total. The monoisotopic (exact) mass is 258 g/mol. The highest BCUT2D eigenvalue weighted by molar-refractivity contribution is 5.84. The molecule has 1 saturated carbocycles. The Labute approximate surface area is 107 Å². The van der Waals surface area contributed by atoms with Gasteiger partial charge in [0.05, 0.1) is 6.10 Å². The molecule has 0 aromatic rings. The molecule has 104 valence electrons. The number of aliphatic carboxylic acids is 1. The van der Waals surface area contributed by atoms with Gasteiger partial charge in [0.2, 0.25) is 5.91 Å². The maximum Gasteiger partial charge on any atom is 0.328 e. The Morgan fingerprint density at radius 3 is 2.33 bits per heavy atom. The van der Waals surface area contributed by atoms with Crippen molar-refractivity contribution in [1.29, 1.82) is 0 Å². The van der Waals surface area contributed by atoms with E-state index in [1.165, 1.54) is 6.92 Å². The van der Waals surface area contributed by atoms with Crippen LogP contribution in [0.4, 0.5) is 0 Å². The van der Waals surface area contributed by atoms with E-state index in [1.807, 2.05) is 0 Å². The van der Waals surface area contributed by atoms with E-state index in [0.717, 1.165) is 32.1 Å². The van der Waals surface area contributed by atoms with E-state index in [2.05, 4.69) is 5.32 Å². The minimum atomic E-state index is -1.27. The van der Waals surface area contributed by atoms with Crippen LogP contribution in [0.15, 0.2) is 0 Å². The zero-order valence-corrected chi connectivity index (χ0v) is 10.7. The molecular formula is C12H22N2O4. The lowest BCUT2D eigenvalue weighted by Gasteiger charge is -2.33. The molecule has 0 unspecified atom stereocenters. The molecule has 6 heteroatoms. The van der Waals surface area contributed by atoms with Gasteiger partial charge in [0.25, 0.3) is 0 Å². The lowest BCUT2D eigenvalue weighted by atomic mass is 9.80. The van der Waals surface area contributed by atoms with Crippen molar-refractivity contribution in [2.45, 2.75) is 63.1 Å². The molecule has 0 aromatic carbocycles. The number of amides is 1. The molecular weight excluding hydrogens is 236 g/mol. The van der Waals surface area contributed by atoms with Crippen molar-refractivity contribution >= 4 is 11.9 Å². The highest BCUT2D eigenvalue weighted by Gasteiger charge is 2.32. The van der Waals surface area contributed by atoms with Crippen molar-refractivity contribution in [2.24, 2.45) is 5.73 Å². The Bertz CT molecular complexity index is 311. The van der Waals surface area contributed by atoms with Crippen LogP contribution in [0, 0.1) is 0 Å². The van der Waals surface area contributed by atoms with Crippen molar-refractivity contribution in [2.75, 3.05) is 0 Å². The van der Waals surface area contributed by atoms with E-state index in [0.29, 0.717) is 0 Å². The average molecular weight is 258 g/mol. The summed E-state index contributed by atoms with van der Waals surface area (Å²) >= 11 is 0. The van der Waals surface area contributed by atoms with E-state index < -0.39 is 29.6 Å². The van der Waals surface area contributed by atoms with E-state index in [4.69, 9.17) is 10.8 Å². The van der Waals surface area contributed by atoms with Crippen LogP contribution >= 0.6 is 0 Å². The van der Waals surface area contributed by atoms with Gasteiger partial charge in [-0.15, -0.1) is 0 Å². The maximum absolute atomic E-state index is 11.8. The first-order valence-electron chi connectivity index (χ1n) is 6.33. The summed E-state index contributed by atoms with van der Waals surface area (Å²) in [6, 6.07) is -1.27. The third kappa shape index (κ3) is 4.27. The number of carboxylic acids is 1. The van der Waals surface area contributed by atoms with Crippen LogP contribution in [0.3, 0.4) is 0 Å². The fraction of sp³-hybridized carbons (Fsp3) is 0.833. The van der Waals surface area contributed by atoms with Crippen molar-refractivity contribution in [3.05, 3.63) is 0 Å². The molecule has 2 atom stereocenters. The number of aliphatic hydroxyl groups excluding tert-OH is 1. The second-order valence-corrected chi connectivity index (χ2v) is 5.22. The van der Waals surface area contributed by atoms with Crippen LogP contribution in [-0.2, 0) is 9.59 Å². The number of carboxylic acid groups (broad SMARTS) is 1. The predicted molar refractivity (Wildman–Crippen MR) is 65.9 cm³/mol. The SMILES string of the molecule is C[C@@H](O)[C@H](NC(=O)CC1(N)CCCCC1)C(=O)O. The van der Waals surface area contributed by atoms with Gasteiger partial charge in [-0.05, 0) is 19.8 Å². The number of nitrogens with two attached hydrogens (primary N) is 1. The van der Waals surface area contributed by atoms with E-state index in [9.17, 15) is 14.7 Å². The Morgan fingerprint density at radius 2 is 1.89 bits per heavy atom. The Hall–Kier alpha value is -1.14. The quantitative estimate of drug-likeness (QED) is 0.554. The number of hydrogen-bond acceptors (Lipinski definition) is 4. The molecule has 5 N–H and O–H groups in total. The number of hydrogen-bond donors (Lipinski definition) is 4. The predicted octanol–water partition coefficient (Wildman–Crippen LogP) is -0.0117. The third-order valence-electron chi connectivity index (χ3n) is 3.43. The van der Waals surface area contributed by atoms with Gasteiger partial charge >= 0.3 is 5.97 Å². The van der Waals surface area contributed by atoms with E-state index in [-0.39, 0.29) is 6.42 Å². The minimum Gasteiger partial charge on any atom is -0.480 e. The number of nitrogens with one attached hydrogen (secondary N) is 1. The lowest BCUT2D eigenvalue weighted by Crippen LogP contribution is -2.52. The summed E-state index contributed by atoms with van der Waals surface area (Å²) in [7, 11) is 0. The lowest BCUT2D eigenvalue weighted by molar-refractivity contribution is -0.145. The van der Waals surface area contributed by atoms with Crippen LogP contribution < -0.4 is 11.1 Å². The average Bonchev–Trinajstić information content (AvgIpc) is 2.25. The van der Waals surface area contributed by atoms with Crippen LogP contribution in [-0.4, -0.2) is 39.8 Å². The number of rotatable bonds is 5. The van der Waals surface area contributed by atoms with Gasteiger partial charge in [-0.1, -0.05) is 19.3 Å². The molecule has 0 aliphatic heterocycles. The first kappa shape index (κ1) is 14.9. The molecule has 0 bridgehead atoms. The van der Waals surface area contributed by atoms with Gasteiger partial charge < -0.3 is 21.3 Å². The van der Waals surface area contributed by atoms with E-state index >= 15 is 0 Å². The van der Waals surface area contributed by atoms with Crippen LogP contribution in [0.5, 0.6) is 0 Å². The highest BCUT2D eigenvalue weighted by Crippen LogP contribution is 2.28. The van der Waals surface area contributed by atoms with Gasteiger partial charge in [-0.3, -0.25) is 4.79 Å². The zero-order valence-electron chi connectivity index (χ0n) is 10.7. The van der Waals surface area contributed by atoms with Gasteiger partial charge in [0.15, 0.2) is 6.04 Å². The summed E-state index contributed by atoms with van der Waals surface area (Å²) in [5.74, 6) is -1.65. The molecule has 0 spiro atoms. The summed E-state index contributed by atoms with van der Waals surface area (Å²) in [6.07, 6.45) is 3.69. The first-order valence-corrected chi connectivity index (χ1v) is 6.33. The van der Waals surface area contributed by atoms with Crippen molar-refractivity contribution in [3.8, 4) is 0 Å². The summed E-state index contributed by atoms with van der Waals surface area (Å²) in [5, 5.41) is 20.5. The van der Waals surface area contributed by atoms with Crippen molar-refractivity contribution in [1.82, 2.24) is 5.32 Å². The van der Waals surface area contributed by atoms with Crippen LogP contribution in [0.2, 0.25) is 0 Å². The molecule has 0 radical (unpaired) electrons. The molecule has 1 aliphatic carbocycles. The van der Waals surface area contributed by atoms with Crippen LogP contribution in [0.25, 0.3) is 0 Å². The topological polar surface area (TPSA) is 113 Å². The van der Waals surface area contributed by atoms with Gasteiger partial charge in [0, 0.05) is 12.0 Å². The normalized spacial score (nSPS) is 21.9. The fourth-order valence-electron chi connectivity index (χ4n) is 2.37. The molecule has 1 amide bonds. The Morgan fingerprint density at radius 1 is 1.33 bits per heavy atom. The van der Waals surface area contributed by atoms with Gasteiger partial charge in [0.1, 0.15) is 0 Å². The standard InChI is InChI=1S/C12H22N2O4/c1-8(15)10(11(17)18)14-9(16)7-12(13)5-3-2-4-6-12/h8,10,15H,2-7,13H2,1H3,(H,14,16)(H,17,18)/t8-,10+/m1/s1. The smallest absolute Gasteiger partial charge is 0.328 e. The molecule has 1 fully saturated rings.